The van der Waals surface area contributed by atoms with E-state index in [1.165, 1.54) is 4.31 Å². The van der Waals surface area contributed by atoms with Crippen molar-refractivity contribution < 1.29 is 22.7 Å². The maximum absolute atomic E-state index is 14.1. The van der Waals surface area contributed by atoms with Gasteiger partial charge in [-0.05, 0) is 77.9 Å². The maximum atomic E-state index is 14.1. The number of hydrogen-bond donors (Lipinski definition) is 1. The molecule has 1 saturated heterocycles. The molecule has 4 aromatic rings. The molecule has 47 heavy (non-hydrogen) atoms. The number of benzene rings is 4. The summed E-state index contributed by atoms with van der Waals surface area (Å²) in [6.45, 7) is 1.39. The number of carbonyl (C=O) groups is 2. The zero-order valence-electron chi connectivity index (χ0n) is 26.1. The third-order valence-electron chi connectivity index (χ3n) is 8.23. The molecule has 0 radical (unpaired) electrons. The van der Waals surface area contributed by atoms with E-state index < -0.39 is 16.1 Å². The summed E-state index contributed by atoms with van der Waals surface area (Å²) in [6, 6.07) is 27.4. The van der Waals surface area contributed by atoms with Gasteiger partial charge in [0.05, 0.1) is 12.0 Å². The Kier molecular flexibility index (Phi) is 11.6. The number of halogens is 2. The lowest BCUT2D eigenvalue weighted by molar-refractivity contribution is -0.141. The van der Waals surface area contributed by atoms with Crippen molar-refractivity contribution in [1.29, 1.82) is 0 Å². The van der Waals surface area contributed by atoms with Crippen molar-refractivity contribution in [2.75, 3.05) is 20.2 Å². The molecule has 8 nitrogen and oxygen atoms in total. The lowest BCUT2D eigenvalue weighted by atomic mass is 10.0. The van der Waals surface area contributed by atoms with Gasteiger partial charge in [0.15, 0.2) is 0 Å². The molecule has 1 aliphatic heterocycles. The Morgan fingerprint density at radius 3 is 2.19 bits per heavy atom. The summed E-state index contributed by atoms with van der Waals surface area (Å²) in [5, 5.41) is 3.90. The molecule has 2 amide bonds. The standard InChI is InChI=1S/C36H37Cl2N3O5S/c1-46-31-16-9-27(10-17-31)25-41(34(42)20-13-26-11-18-32(19-12-26)47(44,45)40-21-5-6-22-40)35(28-7-3-2-4-8-28)36(43)39-24-29-14-15-30(37)23-33(29)38/h2-4,7-12,14-19,23,35H,5-6,13,20-22,24-25H2,1H3,(H,39,43)/t35-/m0/s1. The second-order valence-electron chi connectivity index (χ2n) is 11.4. The van der Waals surface area contributed by atoms with Crippen LogP contribution in [0.3, 0.4) is 0 Å². The number of carbonyl (C=O) groups excluding carboxylic acids is 2. The third kappa shape index (κ3) is 8.73. The molecule has 5 rings (SSSR count). The van der Waals surface area contributed by atoms with Crippen molar-refractivity contribution in [3.8, 4) is 5.75 Å². The number of methoxy groups -OCH3 is 1. The summed E-state index contributed by atoms with van der Waals surface area (Å²) in [5.41, 5.74) is 3.00. The fourth-order valence-electron chi connectivity index (χ4n) is 5.60. The van der Waals surface area contributed by atoms with E-state index in [1.807, 2.05) is 54.6 Å². The molecule has 1 atom stereocenters. The number of nitrogens with zero attached hydrogens (tertiary/aromatic N) is 2. The minimum absolute atomic E-state index is 0.105. The van der Waals surface area contributed by atoms with E-state index in [4.69, 9.17) is 27.9 Å². The van der Waals surface area contributed by atoms with Crippen LogP contribution in [0.2, 0.25) is 10.0 Å². The van der Waals surface area contributed by atoms with Gasteiger partial charge in [0.25, 0.3) is 0 Å². The molecule has 0 aromatic heterocycles. The lowest BCUT2D eigenvalue weighted by Gasteiger charge is -2.32. The Morgan fingerprint density at radius 1 is 0.894 bits per heavy atom. The van der Waals surface area contributed by atoms with E-state index in [2.05, 4.69) is 5.32 Å². The Morgan fingerprint density at radius 2 is 1.55 bits per heavy atom. The second-order valence-corrected chi connectivity index (χ2v) is 14.2. The quantitative estimate of drug-likeness (QED) is 0.166. The molecular weight excluding hydrogens is 657 g/mol. The lowest BCUT2D eigenvalue weighted by Crippen LogP contribution is -2.43. The van der Waals surface area contributed by atoms with Gasteiger partial charge in [0.1, 0.15) is 11.8 Å². The van der Waals surface area contributed by atoms with E-state index in [9.17, 15) is 18.0 Å². The van der Waals surface area contributed by atoms with Crippen LogP contribution in [0.4, 0.5) is 0 Å². The van der Waals surface area contributed by atoms with Crippen LogP contribution in [0.5, 0.6) is 5.75 Å². The Bertz CT molecular complexity index is 1780. The molecular formula is C36H37Cl2N3O5S. The molecule has 11 heteroatoms. The van der Waals surface area contributed by atoms with E-state index in [1.54, 1.807) is 54.5 Å². The first-order valence-corrected chi connectivity index (χ1v) is 17.6. The molecule has 1 fully saturated rings. The molecule has 0 spiro atoms. The molecule has 0 unspecified atom stereocenters. The predicted molar refractivity (Wildman–Crippen MR) is 184 cm³/mol. The summed E-state index contributed by atoms with van der Waals surface area (Å²) in [6.07, 6.45) is 2.20. The van der Waals surface area contributed by atoms with Crippen molar-refractivity contribution in [3.63, 3.8) is 0 Å². The molecule has 0 aliphatic carbocycles. The highest BCUT2D eigenvalue weighted by molar-refractivity contribution is 7.89. The molecule has 0 saturated carbocycles. The molecule has 1 heterocycles. The van der Waals surface area contributed by atoms with E-state index in [0.717, 1.165) is 24.0 Å². The van der Waals surface area contributed by atoms with Crippen molar-refractivity contribution >= 4 is 45.0 Å². The number of aryl methyl sites for hydroxylation is 1. The van der Waals surface area contributed by atoms with Gasteiger partial charge in [-0.2, -0.15) is 4.31 Å². The minimum Gasteiger partial charge on any atom is -0.497 e. The predicted octanol–water partition coefficient (Wildman–Crippen LogP) is 6.81. The average molecular weight is 695 g/mol. The zero-order chi connectivity index (χ0) is 33.4. The highest BCUT2D eigenvalue weighted by Gasteiger charge is 2.32. The smallest absolute Gasteiger partial charge is 0.247 e. The number of rotatable bonds is 13. The Labute approximate surface area is 286 Å². The average Bonchev–Trinajstić information content (AvgIpc) is 3.64. The fraction of sp³-hybridized carbons (Fsp3) is 0.278. The molecule has 1 aliphatic rings. The summed E-state index contributed by atoms with van der Waals surface area (Å²) in [5.74, 6) is 0.0858. The largest absolute Gasteiger partial charge is 0.497 e. The monoisotopic (exact) mass is 693 g/mol. The summed E-state index contributed by atoms with van der Waals surface area (Å²) < 4.78 is 32.8. The number of nitrogens with one attached hydrogen (secondary N) is 1. The summed E-state index contributed by atoms with van der Waals surface area (Å²) >= 11 is 12.4. The van der Waals surface area contributed by atoms with Gasteiger partial charge in [-0.25, -0.2) is 8.42 Å². The van der Waals surface area contributed by atoms with Gasteiger partial charge in [0.2, 0.25) is 21.8 Å². The van der Waals surface area contributed by atoms with Crippen LogP contribution in [0, 0.1) is 0 Å². The van der Waals surface area contributed by atoms with Crippen LogP contribution in [-0.4, -0.2) is 49.6 Å². The van der Waals surface area contributed by atoms with Crippen LogP contribution in [0.25, 0.3) is 0 Å². The Hall–Kier alpha value is -3.89. The normalized spacial score (nSPS) is 14.0. The first-order chi connectivity index (χ1) is 22.7. The van der Waals surface area contributed by atoms with Gasteiger partial charge in [-0.3, -0.25) is 9.59 Å². The number of amides is 2. The molecule has 246 valence electrons. The first kappa shape index (κ1) is 34.4. The minimum atomic E-state index is -3.53. The molecule has 0 bridgehead atoms. The topological polar surface area (TPSA) is 96.0 Å². The van der Waals surface area contributed by atoms with Gasteiger partial charge >= 0.3 is 0 Å². The maximum Gasteiger partial charge on any atom is 0.247 e. The van der Waals surface area contributed by atoms with Crippen LogP contribution in [0.15, 0.2) is 102 Å². The van der Waals surface area contributed by atoms with Crippen LogP contribution in [0.1, 0.15) is 47.6 Å². The first-order valence-electron chi connectivity index (χ1n) is 15.4. The van der Waals surface area contributed by atoms with Crippen molar-refractivity contribution in [2.45, 2.75) is 49.7 Å². The van der Waals surface area contributed by atoms with Crippen molar-refractivity contribution in [1.82, 2.24) is 14.5 Å². The van der Waals surface area contributed by atoms with E-state index in [-0.39, 0.29) is 36.2 Å². The van der Waals surface area contributed by atoms with Crippen LogP contribution < -0.4 is 10.1 Å². The number of ether oxygens (including phenoxy) is 1. The van der Waals surface area contributed by atoms with Crippen molar-refractivity contribution in [3.05, 3.63) is 129 Å². The second kappa shape index (κ2) is 15.8. The van der Waals surface area contributed by atoms with Gasteiger partial charge in [-0.15, -0.1) is 0 Å². The van der Waals surface area contributed by atoms with E-state index in [0.29, 0.717) is 46.4 Å². The van der Waals surface area contributed by atoms with Gasteiger partial charge in [0, 0.05) is 42.6 Å². The van der Waals surface area contributed by atoms with Crippen molar-refractivity contribution in [2.24, 2.45) is 0 Å². The zero-order valence-corrected chi connectivity index (χ0v) is 28.4. The van der Waals surface area contributed by atoms with Gasteiger partial charge < -0.3 is 15.0 Å². The Balaban J connectivity index is 1.39. The number of hydrogen-bond acceptors (Lipinski definition) is 5. The highest BCUT2D eigenvalue weighted by Crippen LogP contribution is 2.28. The summed E-state index contributed by atoms with van der Waals surface area (Å²) in [4.78, 5) is 29.9. The highest BCUT2D eigenvalue weighted by atomic mass is 35.5. The summed E-state index contributed by atoms with van der Waals surface area (Å²) in [7, 11) is -1.95. The van der Waals surface area contributed by atoms with E-state index >= 15 is 0 Å². The van der Waals surface area contributed by atoms with Crippen LogP contribution >= 0.6 is 23.2 Å². The SMILES string of the molecule is COc1ccc(CN(C(=O)CCc2ccc(S(=O)(=O)N3CCCC3)cc2)[C@H](C(=O)NCc2ccc(Cl)cc2Cl)c2ccccc2)cc1. The fourth-order valence-corrected chi connectivity index (χ4v) is 7.60. The molecule has 1 N–H and O–H groups in total. The van der Waals surface area contributed by atoms with Crippen LogP contribution in [-0.2, 0) is 39.1 Å². The third-order valence-corrected chi connectivity index (χ3v) is 10.7. The number of sulfonamides is 1. The van der Waals surface area contributed by atoms with Gasteiger partial charge in [-0.1, -0.05) is 83.9 Å². The molecule has 4 aromatic carbocycles.